The van der Waals surface area contributed by atoms with Crippen molar-refractivity contribution in [1.82, 2.24) is 14.9 Å². The fourth-order valence-corrected chi connectivity index (χ4v) is 4.29. The fourth-order valence-electron chi connectivity index (χ4n) is 4.29. The average Bonchev–Trinajstić information content (AvgIpc) is 3.26. The van der Waals surface area contributed by atoms with E-state index in [1.54, 1.807) is 0 Å². The summed E-state index contributed by atoms with van der Waals surface area (Å²) in [7, 11) is 0. The van der Waals surface area contributed by atoms with Crippen molar-refractivity contribution in [3.05, 3.63) is 41.5 Å². The Morgan fingerprint density at radius 1 is 1.06 bits per heavy atom. The fraction of sp³-hybridized carbons (Fsp3) is 0.560. The van der Waals surface area contributed by atoms with Crippen molar-refractivity contribution >= 4 is 17.3 Å². The van der Waals surface area contributed by atoms with Gasteiger partial charge in [0.25, 0.3) is 0 Å². The molecule has 1 aliphatic carbocycles. The van der Waals surface area contributed by atoms with Gasteiger partial charge in [0.1, 0.15) is 12.4 Å². The molecule has 0 radical (unpaired) electrons. The zero-order valence-electron chi connectivity index (χ0n) is 19.9. The van der Waals surface area contributed by atoms with Gasteiger partial charge in [-0.25, -0.2) is 0 Å². The van der Waals surface area contributed by atoms with E-state index in [0.29, 0.717) is 18.4 Å². The predicted octanol–water partition coefficient (Wildman–Crippen LogP) is 3.38. The standard InChI is InChI=1S/C25H36N6O2/c1-3-9-31(10-4-2)24-19-23(29-28-22-17-20-7-5-6-8-21(20)18-22)26-25(27-24)33-16-13-30-11-14-32-15-12-30/h5-8,19H,3-4,9-18H2,1-2H3,(H,26,27,29). The number of nitrogens with one attached hydrogen (secondary N) is 1. The van der Waals surface area contributed by atoms with Crippen molar-refractivity contribution in [1.29, 1.82) is 0 Å². The lowest BCUT2D eigenvalue weighted by atomic mass is 10.1. The molecule has 2 aliphatic rings. The summed E-state index contributed by atoms with van der Waals surface area (Å²) >= 11 is 0. The molecular formula is C25H36N6O2. The number of fused-ring (bicyclic) bond motifs is 1. The van der Waals surface area contributed by atoms with Crippen LogP contribution in [-0.2, 0) is 17.6 Å². The first-order valence-corrected chi connectivity index (χ1v) is 12.2. The van der Waals surface area contributed by atoms with Crippen molar-refractivity contribution in [3.63, 3.8) is 0 Å². The molecule has 1 aromatic heterocycles. The molecule has 8 heteroatoms. The van der Waals surface area contributed by atoms with Gasteiger partial charge >= 0.3 is 6.01 Å². The largest absolute Gasteiger partial charge is 0.462 e. The first kappa shape index (κ1) is 23.4. The van der Waals surface area contributed by atoms with Crippen molar-refractivity contribution in [2.75, 3.05) is 62.9 Å². The van der Waals surface area contributed by atoms with Gasteiger partial charge in [0.05, 0.1) is 13.2 Å². The molecule has 4 rings (SSSR count). The Morgan fingerprint density at radius 2 is 1.76 bits per heavy atom. The molecule has 1 saturated heterocycles. The highest BCUT2D eigenvalue weighted by atomic mass is 16.5. The molecule has 0 bridgehead atoms. The molecule has 0 unspecified atom stereocenters. The second kappa shape index (κ2) is 12.0. The molecule has 0 saturated carbocycles. The number of aromatic nitrogens is 2. The van der Waals surface area contributed by atoms with E-state index in [-0.39, 0.29) is 0 Å². The van der Waals surface area contributed by atoms with Gasteiger partial charge in [-0.3, -0.25) is 10.3 Å². The Balaban J connectivity index is 1.46. The minimum atomic E-state index is 0.398. The molecule has 1 fully saturated rings. The Morgan fingerprint density at radius 3 is 2.42 bits per heavy atom. The number of ether oxygens (including phenoxy) is 2. The average molecular weight is 453 g/mol. The molecule has 0 atom stereocenters. The molecule has 0 spiro atoms. The summed E-state index contributed by atoms with van der Waals surface area (Å²) in [5, 5.41) is 4.68. The zero-order valence-corrected chi connectivity index (χ0v) is 19.9. The van der Waals surface area contributed by atoms with Crippen LogP contribution in [0.3, 0.4) is 0 Å². The first-order chi connectivity index (χ1) is 16.2. The molecule has 8 nitrogen and oxygen atoms in total. The molecular weight excluding hydrogens is 416 g/mol. The van der Waals surface area contributed by atoms with E-state index in [1.807, 2.05) is 6.07 Å². The molecule has 1 aliphatic heterocycles. The number of hydrogen-bond donors (Lipinski definition) is 1. The number of rotatable bonds is 11. The summed E-state index contributed by atoms with van der Waals surface area (Å²) in [6.45, 7) is 11.1. The van der Waals surface area contributed by atoms with Gasteiger partial charge in [0, 0.05) is 57.3 Å². The highest BCUT2D eigenvalue weighted by Crippen LogP contribution is 2.22. The Labute approximate surface area is 197 Å². The quantitative estimate of drug-likeness (QED) is 0.524. The summed E-state index contributed by atoms with van der Waals surface area (Å²) in [5.74, 6) is 1.55. The molecule has 0 amide bonds. The third kappa shape index (κ3) is 6.65. The van der Waals surface area contributed by atoms with Gasteiger partial charge in [0.15, 0.2) is 5.82 Å². The smallest absolute Gasteiger partial charge is 0.320 e. The van der Waals surface area contributed by atoms with Crippen molar-refractivity contribution < 1.29 is 9.47 Å². The maximum atomic E-state index is 6.00. The van der Waals surface area contributed by atoms with Gasteiger partial charge in [0.2, 0.25) is 0 Å². The Bertz CT molecular complexity index is 896. The molecule has 2 aromatic rings. The lowest BCUT2D eigenvalue weighted by Crippen LogP contribution is -2.38. The number of morpholine rings is 1. The van der Waals surface area contributed by atoms with E-state index in [2.05, 4.69) is 63.4 Å². The van der Waals surface area contributed by atoms with Gasteiger partial charge in [-0.05, 0) is 24.0 Å². The van der Waals surface area contributed by atoms with Crippen LogP contribution in [0.1, 0.15) is 37.8 Å². The third-order valence-corrected chi connectivity index (χ3v) is 5.98. The second-order valence-corrected chi connectivity index (χ2v) is 8.60. The van der Waals surface area contributed by atoms with E-state index >= 15 is 0 Å². The minimum Gasteiger partial charge on any atom is -0.462 e. The summed E-state index contributed by atoms with van der Waals surface area (Å²) in [6.07, 6.45) is 3.87. The van der Waals surface area contributed by atoms with Crippen molar-refractivity contribution in [3.8, 4) is 6.01 Å². The molecule has 178 valence electrons. The molecule has 2 heterocycles. The monoisotopic (exact) mass is 452 g/mol. The number of benzene rings is 1. The maximum absolute atomic E-state index is 6.00. The van der Waals surface area contributed by atoms with Gasteiger partial charge in [-0.2, -0.15) is 15.1 Å². The highest BCUT2D eigenvalue weighted by molar-refractivity contribution is 5.93. The van der Waals surface area contributed by atoms with Gasteiger partial charge in [-0.1, -0.05) is 38.1 Å². The SMILES string of the molecule is CCCN(CCC)c1cc(NN=C2Cc3ccccc3C2)nc(OCCN2CCOCC2)n1. The summed E-state index contributed by atoms with van der Waals surface area (Å²) in [5.41, 5.74) is 7.01. The van der Waals surface area contributed by atoms with Crippen LogP contribution in [0.2, 0.25) is 0 Å². The topological polar surface area (TPSA) is 75.1 Å². The molecule has 1 N–H and O–H groups in total. The minimum absolute atomic E-state index is 0.398. The van der Waals surface area contributed by atoms with E-state index in [9.17, 15) is 0 Å². The van der Waals surface area contributed by atoms with Crippen molar-refractivity contribution in [2.45, 2.75) is 39.5 Å². The third-order valence-electron chi connectivity index (χ3n) is 5.98. The van der Waals surface area contributed by atoms with Crippen LogP contribution in [0.5, 0.6) is 6.01 Å². The lowest BCUT2D eigenvalue weighted by molar-refractivity contribution is 0.0317. The number of anilines is 2. The van der Waals surface area contributed by atoms with Crippen LogP contribution < -0.4 is 15.1 Å². The van der Waals surface area contributed by atoms with Gasteiger partial charge < -0.3 is 14.4 Å². The van der Waals surface area contributed by atoms with E-state index in [0.717, 1.165) is 83.2 Å². The number of nitrogens with zero attached hydrogens (tertiary/aromatic N) is 5. The van der Waals surface area contributed by atoms with Crippen LogP contribution in [-0.4, -0.2) is 73.1 Å². The number of hydrazone groups is 1. The van der Waals surface area contributed by atoms with Crippen LogP contribution in [0.15, 0.2) is 35.4 Å². The molecule has 1 aromatic carbocycles. The summed E-state index contributed by atoms with van der Waals surface area (Å²) < 4.78 is 11.4. The van der Waals surface area contributed by atoms with Crippen molar-refractivity contribution in [2.24, 2.45) is 5.10 Å². The van der Waals surface area contributed by atoms with E-state index < -0.39 is 0 Å². The Kier molecular flexibility index (Phi) is 8.49. The Hall–Kier alpha value is -2.71. The van der Waals surface area contributed by atoms with Crippen LogP contribution in [0, 0.1) is 0 Å². The predicted molar refractivity (Wildman–Crippen MR) is 132 cm³/mol. The molecule has 33 heavy (non-hydrogen) atoms. The van der Waals surface area contributed by atoms with E-state index in [4.69, 9.17) is 14.5 Å². The summed E-state index contributed by atoms with van der Waals surface area (Å²) in [6, 6.07) is 10.9. The van der Waals surface area contributed by atoms with E-state index in [1.165, 1.54) is 11.1 Å². The van der Waals surface area contributed by atoms with Crippen LogP contribution >= 0.6 is 0 Å². The number of hydrogen-bond acceptors (Lipinski definition) is 8. The van der Waals surface area contributed by atoms with Gasteiger partial charge in [-0.15, -0.1) is 0 Å². The zero-order chi connectivity index (χ0) is 22.9. The normalized spacial score (nSPS) is 15.9. The highest BCUT2D eigenvalue weighted by Gasteiger charge is 2.17. The maximum Gasteiger partial charge on any atom is 0.320 e. The van der Waals surface area contributed by atoms with Crippen LogP contribution in [0.4, 0.5) is 11.6 Å². The first-order valence-electron chi connectivity index (χ1n) is 12.2. The summed E-state index contributed by atoms with van der Waals surface area (Å²) in [4.78, 5) is 14.0. The second-order valence-electron chi connectivity index (χ2n) is 8.60. The lowest BCUT2D eigenvalue weighted by Gasteiger charge is -2.26. The van der Waals surface area contributed by atoms with Crippen LogP contribution in [0.25, 0.3) is 0 Å².